The van der Waals surface area contributed by atoms with Crippen molar-refractivity contribution in [2.45, 2.75) is 39.0 Å². The first kappa shape index (κ1) is 21.0. The largest absolute Gasteiger partial charge is 0.343 e. The molecule has 0 saturated carbocycles. The molecular weight excluding hydrogens is 390 g/mol. The van der Waals surface area contributed by atoms with E-state index in [4.69, 9.17) is 0 Å². The molecule has 0 unspecified atom stereocenters. The first-order valence-corrected chi connectivity index (χ1v) is 10.8. The zero-order chi connectivity index (χ0) is 22.0. The molecule has 0 aliphatic carbocycles. The molecule has 0 radical (unpaired) electrons. The Kier molecular flexibility index (Phi) is 5.98. The molecule has 0 spiro atoms. The Balaban J connectivity index is 1.55. The van der Waals surface area contributed by atoms with Crippen LogP contribution in [0.4, 0.5) is 5.69 Å². The molecule has 31 heavy (non-hydrogen) atoms. The molecule has 2 aromatic carbocycles. The summed E-state index contributed by atoms with van der Waals surface area (Å²) in [5, 5.41) is 0. The Bertz CT molecular complexity index is 1060. The molecule has 2 heterocycles. The number of nitrogens with zero attached hydrogens (tertiary/aromatic N) is 3. The van der Waals surface area contributed by atoms with Gasteiger partial charge in [0.1, 0.15) is 0 Å². The summed E-state index contributed by atoms with van der Waals surface area (Å²) in [5.74, 6) is -0.988. The Morgan fingerprint density at radius 2 is 1.87 bits per heavy atom. The van der Waals surface area contributed by atoms with Crippen molar-refractivity contribution in [3.05, 3.63) is 64.7 Å². The van der Waals surface area contributed by atoms with Crippen molar-refractivity contribution in [1.29, 1.82) is 0 Å². The van der Waals surface area contributed by atoms with Crippen LogP contribution in [0.2, 0.25) is 0 Å². The minimum atomic E-state index is -0.607. The van der Waals surface area contributed by atoms with Crippen molar-refractivity contribution in [3.63, 3.8) is 0 Å². The molecule has 6 nitrogen and oxygen atoms in total. The van der Waals surface area contributed by atoms with Gasteiger partial charge in [0, 0.05) is 37.8 Å². The average molecular weight is 418 g/mol. The van der Waals surface area contributed by atoms with Crippen LogP contribution in [-0.4, -0.2) is 48.5 Å². The Morgan fingerprint density at radius 3 is 2.61 bits per heavy atom. The van der Waals surface area contributed by atoms with E-state index in [9.17, 15) is 14.4 Å². The number of amides is 3. The van der Waals surface area contributed by atoms with Crippen molar-refractivity contribution in [1.82, 2.24) is 4.90 Å². The average Bonchev–Trinajstić information content (AvgIpc) is 3.17. The van der Waals surface area contributed by atoms with E-state index >= 15 is 0 Å². The van der Waals surface area contributed by atoms with E-state index in [1.165, 1.54) is 4.90 Å². The molecule has 1 saturated heterocycles. The topological polar surface area (TPSA) is 70.1 Å². The van der Waals surface area contributed by atoms with Gasteiger partial charge in [-0.15, -0.1) is 0 Å². The van der Waals surface area contributed by atoms with Crippen LogP contribution in [0, 0.1) is 13.8 Å². The van der Waals surface area contributed by atoms with Crippen molar-refractivity contribution in [3.8, 4) is 0 Å². The number of rotatable bonds is 6. The van der Waals surface area contributed by atoms with E-state index in [-0.39, 0.29) is 17.7 Å². The Labute approximate surface area is 182 Å². The van der Waals surface area contributed by atoms with Gasteiger partial charge in [-0.1, -0.05) is 24.3 Å². The lowest BCUT2D eigenvalue weighted by atomic mass is 9.88. The van der Waals surface area contributed by atoms with E-state index < -0.39 is 5.92 Å². The predicted molar refractivity (Wildman–Crippen MR) is 121 cm³/mol. The van der Waals surface area contributed by atoms with Gasteiger partial charge in [-0.2, -0.15) is 0 Å². The molecule has 2 aliphatic heterocycles. The Hall–Kier alpha value is -3.28. The minimum Gasteiger partial charge on any atom is -0.343 e. The van der Waals surface area contributed by atoms with Crippen molar-refractivity contribution < 1.29 is 14.4 Å². The molecule has 0 aromatic heterocycles. The van der Waals surface area contributed by atoms with E-state index in [0.717, 1.165) is 30.5 Å². The molecule has 2 aliphatic rings. The first-order chi connectivity index (χ1) is 15.0. The number of hydrogen-bond donors (Lipinski definition) is 0. The van der Waals surface area contributed by atoms with Crippen LogP contribution in [0.5, 0.6) is 0 Å². The van der Waals surface area contributed by atoms with Crippen molar-refractivity contribution in [2.24, 2.45) is 4.99 Å². The molecule has 1 atom stereocenters. The Morgan fingerprint density at radius 1 is 1.06 bits per heavy atom. The molecule has 4 rings (SSSR count). The number of anilines is 1. The molecule has 160 valence electrons. The normalized spacial score (nSPS) is 18.9. The second-order valence-corrected chi connectivity index (χ2v) is 8.21. The van der Waals surface area contributed by atoms with Gasteiger partial charge < -0.3 is 4.90 Å². The SMILES string of the molecule is Cc1ccc(N2C(=O)c3ccccc3[C@H](C=NCCCN3CCCC3=O)C2=O)cc1C. The minimum absolute atomic E-state index is 0.211. The lowest BCUT2D eigenvalue weighted by Crippen LogP contribution is -2.45. The number of hydrogen-bond acceptors (Lipinski definition) is 4. The number of likely N-dealkylation sites (tertiary alicyclic amines) is 1. The van der Waals surface area contributed by atoms with Gasteiger partial charge in [0.15, 0.2) is 0 Å². The highest BCUT2D eigenvalue weighted by Gasteiger charge is 2.38. The zero-order valence-electron chi connectivity index (χ0n) is 18.0. The van der Waals surface area contributed by atoms with Crippen LogP contribution in [0.1, 0.15) is 52.2 Å². The molecule has 2 aromatic rings. The third-order valence-corrected chi connectivity index (χ3v) is 6.11. The maximum absolute atomic E-state index is 13.4. The summed E-state index contributed by atoms with van der Waals surface area (Å²) in [7, 11) is 0. The predicted octanol–water partition coefficient (Wildman–Crippen LogP) is 3.66. The highest BCUT2D eigenvalue weighted by atomic mass is 16.2. The van der Waals surface area contributed by atoms with E-state index in [1.54, 1.807) is 12.3 Å². The second kappa shape index (κ2) is 8.84. The maximum Gasteiger partial charge on any atom is 0.265 e. The summed E-state index contributed by atoms with van der Waals surface area (Å²) >= 11 is 0. The number of imide groups is 1. The lowest BCUT2D eigenvalue weighted by Gasteiger charge is -2.31. The molecule has 6 heteroatoms. The quantitative estimate of drug-likeness (QED) is 0.409. The van der Waals surface area contributed by atoms with E-state index in [2.05, 4.69) is 4.99 Å². The lowest BCUT2D eigenvalue weighted by molar-refractivity contribution is -0.127. The van der Waals surface area contributed by atoms with Gasteiger partial charge in [0.25, 0.3) is 5.91 Å². The number of fused-ring (bicyclic) bond motifs is 1. The van der Waals surface area contributed by atoms with Gasteiger partial charge in [0.2, 0.25) is 11.8 Å². The highest BCUT2D eigenvalue weighted by molar-refractivity contribution is 6.29. The fraction of sp³-hybridized carbons (Fsp3) is 0.360. The summed E-state index contributed by atoms with van der Waals surface area (Å²) in [6, 6.07) is 12.8. The van der Waals surface area contributed by atoms with E-state index in [1.807, 2.05) is 55.1 Å². The van der Waals surface area contributed by atoms with Crippen LogP contribution in [0.15, 0.2) is 47.5 Å². The summed E-state index contributed by atoms with van der Waals surface area (Å²) in [6.45, 7) is 6.02. The smallest absolute Gasteiger partial charge is 0.265 e. The monoisotopic (exact) mass is 417 g/mol. The summed E-state index contributed by atoms with van der Waals surface area (Å²) in [5.41, 5.74) is 3.93. The van der Waals surface area contributed by atoms with Gasteiger partial charge in [0.05, 0.1) is 11.6 Å². The fourth-order valence-electron chi connectivity index (χ4n) is 4.18. The molecule has 0 bridgehead atoms. The van der Waals surface area contributed by atoms with Crippen LogP contribution >= 0.6 is 0 Å². The summed E-state index contributed by atoms with van der Waals surface area (Å²) < 4.78 is 0. The van der Waals surface area contributed by atoms with Crippen molar-refractivity contribution in [2.75, 3.05) is 24.5 Å². The second-order valence-electron chi connectivity index (χ2n) is 8.21. The van der Waals surface area contributed by atoms with Crippen LogP contribution < -0.4 is 4.90 Å². The standard InChI is InChI=1S/C25H27N3O3/c1-17-10-11-19(15-18(17)2)28-24(30)21-8-4-3-7-20(21)22(25(28)31)16-26-12-6-14-27-13-5-9-23(27)29/h3-4,7-8,10-11,15-16,22H,5-6,9,12-14H2,1-2H3/t22-/m0/s1. The number of aryl methyl sites for hydroxylation is 2. The highest BCUT2D eigenvalue weighted by Crippen LogP contribution is 2.32. The molecular formula is C25H27N3O3. The maximum atomic E-state index is 13.4. The number of benzene rings is 2. The summed E-state index contributed by atoms with van der Waals surface area (Å²) in [6.07, 6.45) is 3.98. The van der Waals surface area contributed by atoms with E-state index in [0.29, 0.717) is 36.3 Å². The third kappa shape index (κ3) is 4.15. The van der Waals surface area contributed by atoms with Gasteiger partial charge in [-0.25, -0.2) is 4.90 Å². The third-order valence-electron chi connectivity index (χ3n) is 6.11. The molecule has 3 amide bonds. The van der Waals surface area contributed by atoms with Crippen LogP contribution in [0.25, 0.3) is 0 Å². The van der Waals surface area contributed by atoms with Gasteiger partial charge >= 0.3 is 0 Å². The van der Waals surface area contributed by atoms with Crippen molar-refractivity contribution >= 4 is 29.6 Å². The number of carbonyl (C=O) groups is 3. The number of aliphatic imine (C=N–C) groups is 1. The number of carbonyl (C=O) groups excluding carboxylic acids is 3. The van der Waals surface area contributed by atoms with Crippen LogP contribution in [-0.2, 0) is 9.59 Å². The van der Waals surface area contributed by atoms with Crippen LogP contribution in [0.3, 0.4) is 0 Å². The first-order valence-electron chi connectivity index (χ1n) is 10.8. The molecule has 1 fully saturated rings. The van der Waals surface area contributed by atoms with Gasteiger partial charge in [-0.3, -0.25) is 19.4 Å². The fourth-order valence-corrected chi connectivity index (χ4v) is 4.18. The molecule has 0 N–H and O–H groups in total. The summed E-state index contributed by atoms with van der Waals surface area (Å²) in [4.78, 5) is 45.9. The van der Waals surface area contributed by atoms with Gasteiger partial charge in [-0.05, 0) is 61.6 Å². The zero-order valence-corrected chi connectivity index (χ0v) is 18.0.